The summed E-state index contributed by atoms with van der Waals surface area (Å²) in [6.07, 6.45) is 4.57. The minimum atomic E-state index is -3.80. The molecule has 0 amide bonds. The standard InChI is InChI=1S/C59H78F2N6O9S2/c1-37-47(21-11-23-51(37)60)53-39(3)58(43-17-13-25-62-33-43,66(29-27-64(5)77(7,73)74)35-49(53)55(70)41-15-9-19-45(68)31-41)57(72)59(44-18-14-26-63-34-44)40(4)54(48-22-12-24-52(61)38(48)2)50(56(71)42-16-10-20-46(69)32-42)36-67(59)30-28-65(6)78(8,75)76/h9-12,15-16,19-24,31-32,39-40,43-44,49-50,53-54,62-63,68-69H,13-14,17-18,25-30,33-36H2,1-8H3/t39-,40-,43?,44?,49-,50-,53+,54+,58+,59+/m0/s1. The molecule has 4 aromatic rings. The number of halogens is 2. The molecule has 4 heterocycles. The summed E-state index contributed by atoms with van der Waals surface area (Å²) in [4.78, 5) is 53.7. The summed E-state index contributed by atoms with van der Waals surface area (Å²) in [7, 11) is -4.66. The fourth-order valence-corrected chi connectivity index (χ4v) is 15.3. The number of aromatic hydroxyl groups is 2. The van der Waals surface area contributed by atoms with Gasteiger partial charge in [-0.05, 0) is 135 Å². The Balaban J connectivity index is 1.48. The van der Waals surface area contributed by atoms with Crippen molar-refractivity contribution in [3.8, 4) is 11.5 Å². The van der Waals surface area contributed by atoms with E-state index in [1.54, 1.807) is 50.2 Å². The lowest BCUT2D eigenvalue weighted by Crippen LogP contribution is -2.81. The predicted octanol–water partition coefficient (Wildman–Crippen LogP) is 6.59. The van der Waals surface area contributed by atoms with E-state index in [1.165, 1.54) is 59.1 Å². The van der Waals surface area contributed by atoms with Gasteiger partial charge in [0.2, 0.25) is 20.0 Å². The number of phenolic OH excluding ortho intramolecular Hbond substituents is 2. The van der Waals surface area contributed by atoms with Gasteiger partial charge in [-0.2, -0.15) is 0 Å². The summed E-state index contributed by atoms with van der Waals surface area (Å²) in [6, 6.07) is 21.6. The fourth-order valence-electron chi connectivity index (χ4n) is 14.5. The lowest BCUT2D eigenvalue weighted by atomic mass is 9.49. The van der Waals surface area contributed by atoms with Crippen LogP contribution in [-0.4, -0.2) is 166 Å². The van der Waals surface area contributed by atoms with E-state index in [1.807, 2.05) is 35.8 Å². The molecule has 15 nitrogen and oxygen atoms in total. The quantitative estimate of drug-likeness (QED) is 0.0780. The first-order valence-corrected chi connectivity index (χ1v) is 31.0. The third-order valence-electron chi connectivity index (χ3n) is 18.6. The largest absolute Gasteiger partial charge is 0.508 e. The van der Waals surface area contributed by atoms with Crippen LogP contribution in [0, 0.1) is 61.0 Å². The number of carbonyl (C=O) groups is 3. The Morgan fingerprint density at radius 2 is 1.00 bits per heavy atom. The molecule has 424 valence electrons. The molecule has 19 heteroatoms. The second kappa shape index (κ2) is 23.6. The molecule has 0 aliphatic carbocycles. The van der Waals surface area contributed by atoms with Crippen LogP contribution in [0.3, 0.4) is 0 Å². The van der Waals surface area contributed by atoms with Crippen molar-refractivity contribution in [1.29, 1.82) is 0 Å². The molecule has 4 aromatic carbocycles. The first-order valence-electron chi connectivity index (χ1n) is 27.3. The van der Waals surface area contributed by atoms with Gasteiger partial charge in [-0.15, -0.1) is 0 Å². The number of phenols is 2. The van der Waals surface area contributed by atoms with Crippen molar-refractivity contribution in [2.45, 2.75) is 76.3 Å². The van der Waals surface area contributed by atoms with Crippen molar-refractivity contribution in [1.82, 2.24) is 29.0 Å². The summed E-state index contributed by atoms with van der Waals surface area (Å²) < 4.78 is 88.5. The van der Waals surface area contributed by atoms with Crippen LogP contribution in [0.1, 0.15) is 94.3 Å². The SMILES string of the molecule is Cc1c(F)cccc1[C@@H]1[C@@H](C(=O)c2cccc(O)c2)CN(CCN(C)S(C)(=O)=O)[C@@](C(=O)[C@]2(C3CCCNC3)[C@@H](C)[C@H](c3cccc(F)c3C)[C@@H](C(=O)c3cccc(O)c3)CN2CCN(C)S(C)(=O)=O)(C2CCCNC2)[C@H]1C. The van der Waals surface area contributed by atoms with E-state index in [0.717, 1.165) is 12.5 Å². The number of likely N-dealkylation sites (tertiary alicyclic amines) is 2. The van der Waals surface area contributed by atoms with Crippen molar-refractivity contribution in [2.75, 3.05) is 92.1 Å². The average molecular weight is 1120 g/mol. The minimum absolute atomic E-state index is 0.0237. The van der Waals surface area contributed by atoms with Crippen LogP contribution in [0.5, 0.6) is 11.5 Å². The summed E-state index contributed by atoms with van der Waals surface area (Å²) in [5.74, 6) is -8.58. The number of rotatable bonds is 18. The Hall–Kier alpha value is -4.99. The second-order valence-corrected chi connectivity index (χ2v) is 26.9. The topological polar surface area (TPSA) is 197 Å². The predicted molar refractivity (Wildman–Crippen MR) is 298 cm³/mol. The van der Waals surface area contributed by atoms with Crippen molar-refractivity contribution in [3.05, 3.63) is 130 Å². The van der Waals surface area contributed by atoms with E-state index >= 15 is 23.2 Å². The number of ketones is 3. The van der Waals surface area contributed by atoms with Gasteiger partial charge >= 0.3 is 0 Å². The highest BCUT2D eigenvalue weighted by Crippen LogP contribution is 2.59. The van der Waals surface area contributed by atoms with Crippen LogP contribution in [0.2, 0.25) is 0 Å². The molecule has 10 atom stereocenters. The van der Waals surface area contributed by atoms with E-state index in [9.17, 15) is 27.0 Å². The zero-order valence-electron chi connectivity index (χ0n) is 46.2. The average Bonchev–Trinajstić information content (AvgIpc) is 3.23. The van der Waals surface area contributed by atoms with Crippen molar-refractivity contribution in [3.63, 3.8) is 0 Å². The fraction of sp³-hybridized carbons (Fsp3) is 0.542. The van der Waals surface area contributed by atoms with E-state index in [-0.39, 0.29) is 79.2 Å². The monoisotopic (exact) mass is 1120 g/mol. The Labute approximate surface area is 459 Å². The third-order valence-corrected chi connectivity index (χ3v) is 21.2. The van der Waals surface area contributed by atoms with Gasteiger partial charge in [-0.25, -0.2) is 34.2 Å². The first-order chi connectivity index (χ1) is 36.9. The van der Waals surface area contributed by atoms with Crippen LogP contribution >= 0.6 is 0 Å². The smallest absolute Gasteiger partial charge is 0.210 e. The number of Topliss-reactive ketones (excluding diaryl/α,β-unsaturated/α-hetero) is 3. The van der Waals surface area contributed by atoms with E-state index in [0.29, 0.717) is 74.1 Å². The number of nitrogens with zero attached hydrogens (tertiary/aromatic N) is 4. The van der Waals surface area contributed by atoms with Gasteiger partial charge in [0.05, 0.1) is 23.6 Å². The Kier molecular flexibility index (Phi) is 17.9. The van der Waals surface area contributed by atoms with Crippen LogP contribution in [-0.2, 0) is 24.8 Å². The molecular weight excluding hydrogens is 1040 g/mol. The molecule has 4 aliphatic rings. The van der Waals surface area contributed by atoms with Crippen LogP contribution in [0.25, 0.3) is 0 Å². The van der Waals surface area contributed by atoms with Gasteiger partial charge in [-0.1, -0.05) is 62.4 Å². The van der Waals surface area contributed by atoms with Gasteiger partial charge in [0.1, 0.15) is 23.1 Å². The molecule has 78 heavy (non-hydrogen) atoms. The van der Waals surface area contributed by atoms with Crippen molar-refractivity contribution >= 4 is 37.4 Å². The number of benzene rings is 4. The summed E-state index contributed by atoms with van der Waals surface area (Å²) >= 11 is 0. The molecule has 0 bridgehead atoms. The molecule has 0 aromatic heterocycles. The first kappa shape index (κ1) is 59.1. The number of sulfonamides is 2. The van der Waals surface area contributed by atoms with Crippen LogP contribution in [0.4, 0.5) is 8.78 Å². The van der Waals surface area contributed by atoms with Crippen molar-refractivity contribution in [2.24, 2.45) is 35.5 Å². The maximum absolute atomic E-state index is 18.6. The van der Waals surface area contributed by atoms with Gasteiger partial charge in [0.15, 0.2) is 17.3 Å². The normalized spacial score (nSPS) is 28.7. The summed E-state index contributed by atoms with van der Waals surface area (Å²) in [5, 5.41) is 28.8. The highest BCUT2D eigenvalue weighted by atomic mass is 32.2. The van der Waals surface area contributed by atoms with Crippen molar-refractivity contribution < 1.29 is 50.2 Å². The molecule has 4 aliphatic heterocycles. The second-order valence-electron chi connectivity index (χ2n) is 22.7. The zero-order valence-corrected chi connectivity index (χ0v) is 47.8. The van der Waals surface area contributed by atoms with Crippen LogP contribution < -0.4 is 10.6 Å². The lowest BCUT2D eigenvalue weighted by molar-refractivity contribution is -0.179. The van der Waals surface area contributed by atoms with Gasteiger partial charge in [0, 0.05) is 101 Å². The Morgan fingerprint density at radius 3 is 1.33 bits per heavy atom. The van der Waals surface area contributed by atoms with E-state index in [4.69, 9.17) is 0 Å². The molecule has 0 saturated carbocycles. The van der Waals surface area contributed by atoms with Gasteiger partial charge in [0.25, 0.3) is 0 Å². The van der Waals surface area contributed by atoms with Gasteiger partial charge in [-0.3, -0.25) is 24.2 Å². The highest BCUT2D eigenvalue weighted by molar-refractivity contribution is 7.88. The maximum Gasteiger partial charge on any atom is 0.210 e. The molecule has 4 saturated heterocycles. The highest BCUT2D eigenvalue weighted by Gasteiger charge is 2.70. The number of hydrogen-bond donors (Lipinski definition) is 4. The Morgan fingerprint density at radius 1 is 0.628 bits per heavy atom. The molecular formula is C59H78F2N6O9S2. The zero-order chi connectivity index (χ0) is 56.6. The van der Waals surface area contributed by atoms with Crippen LogP contribution in [0.15, 0.2) is 84.9 Å². The number of nitrogens with one attached hydrogen (secondary N) is 2. The molecule has 4 fully saturated rings. The van der Waals surface area contributed by atoms with Gasteiger partial charge < -0.3 is 20.8 Å². The minimum Gasteiger partial charge on any atom is -0.508 e. The lowest BCUT2D eigenvalue weighted by Gasteiger charge is -2.66. The number of piperidine rings is 4. The number of likely N-dealkylation sites (N-methyl/N-ethyl adjacent to an activating group) is 2. The van der Waals surface area contributed by atoms with E-state index < -0.39 is 90.1 Å². The third kappa shape index (κ3) is 11.1. The maximum atomic E-state index is 18.6. The van der Waals surface area contributed by atoms with E-state index in [2.05, 4.69) is 10.6 Å². The molecule has 0 radical (unpaired) electrons. The number of carbonyl (C=O) groups excluding carboxylic acids is 3. The molecule has 4 N–H and O–H groups in total. The molecule has 0 spiro atoms. The summed E-state index contributed by atoms with van der Waals surface area (Å²) in [5.41, 5.74) is -1.18. The summed E-state index contributed by atoms with van der Waals surface area (Å²) in [6.45, 7) is 8.83. The Bertz CT molecular complexity index is 2900. The molecule has 2 unspecified atom stereocenters. The number of hydrogen-bond acceptors (Lipinski definition) is 13. The molecule has 8 rings (SSSR count).